The van der Waals surface area contributed by atoms with Crippen LogP contribution in [0.2, 0.25) is 0 Å². The van der Waals surface area contributed by atoms with E-state index < -0.39 is 0 Å². The third-order valence-electron chi connectivity index (χ3n) is 3.04. The molecule has 2 N–H and O–H groups in total. The minimum absolute atomic E-state index is 0. The Balaban J connectivity index is 0.00000180. The number of carbonyl (C=O) groups is 1. The predicted molar refractivity (Wildman–Crippen MR) is 91.3 cm³/mol. The number of anilines is 1. The SMILES string of the molecule is Cc1cc(Br)ccc1NC(=O)CN1CCNCC1.Cl.Cl. The van der Waals surface area contributed by atoms with Crippen molar-refractivity contribution >= 4 is 52.3 Å². The van der Waals surface area contributed by atoms with Crippen LogP contribution in [0.1, 0.15) is 5.56 Å². The van der Waals surface area contributed by atoms with Crippen molar-refractivity contribution in [1.29, 1.82) is 0 Å². The summed E-state index contributed by atoms with van der Waals surface area (Å²) in [4.78, 5) is 14.1. The fourth-order valence-electron chi connectivity index (χ4n) is 2.03. The van der Waals surface area contributed by atoms with Gasteiger partial charge in [0.15, 0.2) is 0 Å². The molecule has 1 aliphatic heterocycles. The van der Waals surface area contributed by atoms with E-state index in [2.05, 4.69) is 31.5 Å². The van der Waals surface area contributed by atoms with Gasteiger partial charge in [0, 0.05) is 36.3 Å². The van der Waals surface area contributed by atoms with Gasteiger partial charge in [-0.2, -0.15) is 0 Å². The number of aryl methyl sites for hydroxylation is 1. The van der Waals surface area contributed by atoms with E-state index in [1.165, 1.54) is 0 Å². The summed E-state index contributed by atoms with van der Waals surface area (Å²) in [6, 6.07) is 5.86. The van der Waals surface area contributed by atoms with Gasteiger partial charge in [-0.25, -0.2) is 0 Å². The summed E-state index contributed by atoms with van der Waals surface area (Å²) in [6.07, 6.45) is 0. The number of amides is 1. The van der Waals surface area contributed by atoms with Crippen molar-refractivity contribution in [3.05, 3.63) is 28.2 Å². The maximum atomic E-state index is 11.9. The van der Waals surface area contributed by atoms with Gasteiger partial charge in [-0.1, -0.05) is 15.9 Å². The summed E-state index contributed by atoms with van der Waals surface area (Å²) in [5.41, 5.74) is 1.95. The van der Waals surface area contributed by atoms with Gasteiger partial charge in [-0.3, -0.25) is 9.69 Å². The number of benzene rings is 1. The number of nitrogens with one attached hydrogen (secondary N) is 2. The Morgan fingerprint density at radius 2 is 2.00 bits per heavy atom. The first-order chi connectivity index (χ1) is 8.65. The zero-order valence-corrected chi connectivity index (χ0v) is 14.5. The number of halogens is 3. The molecule has 114 valence electrons. The van der Waals surface area contributed by atoms with Crippen LogP contribution in [-0.4, -0.2) is 43.5 Å². The van der Waals surface area contributed by atoms with Gasteiger partial charge in [-0.05, 0) is 30.7 Å². The maximum Gasteiger partial charge on any atom is 0.238 e. The largest absolute Gasteiger partial charge is 0.325 e. The van der Waals surface area contributed by atoms with E-state index in [0.717, 1.165) is 41.9 Å². The topological polar surface area (TPSA) is 44.4 Å². The lowest BCUT2D eigenvalue weighted by atomic mass is 10.2. The Labute approximate surface area is 140 Å². The van der Waals surface area contributed by atoms with Crippen LogP contribution >= 0.6 is 40.7 Å². The Morgan fingerprint density at radius 3 is 2.60 bits per heavy atom. The third kappa shape index (κ3) is 5.97. The Hall–Kier alpha value is -0.330. The number of nitrogens with zero attached hydrogens (tertiary/aromatic N) is 1. The molecular formula is C13H20BrCl2N3O. The lowest BCUT2D eigenvalue weighted by Gasteiger charge is -2.26. The molecule has 1 amide bonds. The monoisotopic (exact) mass is 383 g/mol. The molecule has 1 saturated heterocycles. The van der Waals surface area contributed by atoms with E-state index in [0.29, 0.717) is 6.54 Å². The fraction of sp³-hybridized carbons (Fsp3) is 0.462. The van der Waals surface area contributed by atoms with E-state index in [1.54, 1.807) is 0 Å². The number of hydrogen-bond acceptors (Lipinski definition) is 3. The maximum absolute atomic E-state index is 11.9. The molecule has 20 heavy (non-hydrogen) atoms. The van der Waals surface area contributed by atoms with Crippen LogP contribution in [0.25, 0.3) is 0 Å². The minimum atomic E-state index is 0. The quantitative estimate of drug-likeness (QED) is 0.841. The molecule has 7 heteroatoms. The molecule has 1 aliphatic rings. The highest BCUT2D eigenvalue weighted by molar-refractivity contribution is 9.10. The van der Waals surface area contributed by atoms with Crippen molar-refractivity contribution in [3.8, 4) is 0 Å². The molecule has 4 nitrogen and oxygen atoms in total. The normalized spacial score (nSPS) is 14.9. The van der Waals surface area contributed by atoms with Crippen LogP contribution in [0, 0.1) is 6.92 Å². The lowest BCUT2D eigenvalue weighted by Crippen LogP contribution is -2.46. The molecule has 0 atom stereocenters. The summed E-state index contributed by atoms with van der Waals surface area (Å²) < 4.78 is 1.03. The molecule has 0 saturated carbocycles. The number of hydrogen-bond donors (Lipinski definition) is 2. The summed E-state index contributed by atoms with van der Waals surface area (Å²) in [7, 11) is 0. The van der Waals surface area contributed by atoms with Crippen molar-refractivity contribution in [2.24, 2.45) is 0 Å². The van der Waals surface area contributed by atoms with Crippen molar-refractivity contribution in [3.63, 3.8) is 0 Å². The molecule has 0 aromatic heterocycles. The molecular weight excluding hydrogens is 365 g/mol. The average Bonchev–Trinajstić information content (AvgIpc) is 2.34. The van der Waals surface area contributed by atoms with Gasteiger partial charge in [-0.15, -0.1) is 24.8 Å². The first-order valence-corrected chi connectivity index (χ1v) is 6.93. The van der Waals surface area contributed by atoms with E-state index in [-0.39, 0.29) is 30.7 Å². The summed E-state index contributed by atoms with van der Waals surface area (Å²) in [5, 5.41) is 6.24. The molecule has 0 radical (unpaired) electrons. The molecule has 2 rings (SSSR count). The summed E-state index contributed by atoms with van der Waals surface area (Å²) in [5.74, 6) is 0.0577. The molecule has 0 spiro atoms. The Kier molecular flexibility index (Phi) is 9.42. The smallest absolute Gasteiger partial charge is 0.238 e. The second-order valence-corrected chi connectivity index (χ2v) is 5.45. The van der Waals surface area contributed by atoms with E-state index in [4.69, 9.17) is 0 Å². The average molecular weight is 385 g/mol. The number of rotatable bonds is 3. The zero-order chi connectivity index (χ0) is 13.0. The molecule has 1 fully saturated rings. The summed E-state index contributed by atoms with van der Waals surface area (Å²) >= 11 is 3.41. The molecule has 1 heterocycles. The molecule has 0 aliphatic carbocycles. The van der Waals surface area contributed by atoms with Gasteiger partial charge < -0.3 is 10.6 Å². The second-order valence-electron chi connectivity index (χ2n) is 4.53. The number of piperazine rings is 1. The van der Waals surface area contributed by atoms with Gasteiger partial charge in [0.1, 0.15) is 0 Å². The Morgan fingerprint density at radius 1 is 1.35 bits per heavy atom. The zero-order valence-electron chi connectivity index (χ0n) is 11.3. The predicted octanol–water partition coefficient (Wildman–Crippen LogP) is 2.44. The van der Waals surface area contributed by atoms with Crippen LogP contribution in [-0.2, 0) is 4.79 Å². The summed E-state index contributed by atoms with van der Waals surface area (Å²) in [6.45, 7) is 6.26. The highest BCUT2D eigenvalue weighted by atomic mass is 79.9. The van der Waals surface area contributed by atoms with Gasteiger partial charge in [0.2, 0.25) is 5.91 Å². The molecule has 0 bridgehead atoms. The lowest BCUT2D eigenvalue weighted by molar-refractivity contribution is -0.117. The van der Waals surface area contributed by atoms with Crippen molar-refractivity contribution in [2.75, 3.05) is 38.0 Å². The van der Waals surface area contributed by atoms with Crippen LogP contribution in [0.5, 0.6) is 0 Å². The third-order valence-corrected chi connectivity index (χ3v) is 3.53. The molecule has 0 unspecified atom stereocenters. The van der Waals surface area contributed by atoms with Gasteiger partial charge in [0.05, 0.1) is 6.54 Å². The van der Waals surface area contributed by atoms with Crippen LogP contribution < -0.4 is 10.6 Å². The van der Waals surface area contributed by atoms with Crippen molar-refractivity contribution < 1.29 is 4.79 Å². The van der Waals surface area contributed by atoms with Crippen LogP contribution in [0.15, 0.2) is 22.7 Å². The van der Waals surface area contributed by atoms with Gasteiger partial charge in [0.25, 0.3) is 0 Å². The first-order valence-electron chi connectivity index (χ1n) is 6.14. The number of carbonyl (C=O) groups excluding carboxylic acids is 1. The van der Waals surface area contributed by atoms with E-state index in [1.807, 2.05) is 25.1 Å². The standard InChI is InChI=1S/C13H18BrN3O.2ClH/c1-10-8-11(14)2-3-12(10)16-13(18)9-17-6-4-15-5-7-17;;/h2-3,8,15H,4-7,9H2,1H3,(H,16,18);2*1H. The fourth-order valence-corrected chi connectivity index (χ4v) is 2.50. The van der Waals surface area contributed by atoms with E-state index in [9.17, 15) is 4.79 Å². The van der Waals surface area contributed by atoms with Crippen LogP contribution in [0.3, 0.4) is 0 Å². The van der Waals surface area contributed by atoms with Crippen LogP contribution in [0.4, 0.5) is 5.69 Å². The highest BCUT2D eigenvalue weighted by Crippen LogP contribution is 2.19. The van der Waals surface area contributed by atoms with Crippen molar-refractivity contribution in [2.45, 2.75) is 6.92 Å². The Bertz CT molecular complexity index is 440. The van der Waals surface area contributed by atoms with Gasteiger partial charge >= 0.3 is 0 Å². The molecule has 1 aromatic rings. The van der Waals surface area contributed by atoms with E-state index >= 15 is 0 Å². The first kappa shape index (κ1) is 19.7. The second kappa shape index (κ2) is 9.58. The molecule has 1 aromatic carbocycles. The highest BCUT2D eigenvalue weighted by Gasteiger charge is 2.13. The van der Waals surface area contributed by atoms with Crippen molar-refractivity contribution in [1.82, 2.24) is 10.2 Å². The minimum Gasteiger partial charge on any atom is -0.325 e.